The maximum atomic E-state index is 11.5. The van der Waals surface area contributed by atoms with Crippen molar-refractivity contribution in [3.63, 3.8) is 0 Å². The predicted octanol–water partition coefficient (Wildman–Crippen LogP) is 2.96. The number of carbonyl (C=O) groups is 2. The van der Waals surface area contributed by atoms with Crippen LogP contribution in [0.4, 0.5) is 10.5 Å². The van der Waals surface area contributed by atoms with Crippen molar-refractivity contribution < 1.29 is 14.7 Å². The summed E-state index contributed by atoms with van der Waals surface area (Å²) in [5.74, 6) is -1.20. The summed E-state index contributed by atoms with van der Waals surface area (Å²) >= 11 is 5.73. The van der Waals surface area contributed by atoms with Crippen LogP contribution in [0.1, 0.15) is 19.8 Å². The number of nitrogens with one attached hydrogen (secondary N) is 2. The lowest BCUT2D eigenvalue weighted by molar-refractivity contribution is -0.141. The average molecular weight is 285 g/mol. The molecule has 0 saturated carbocycles. The second-order valence-corrected chi connectivity index (χ2v) is 4.71. The molecule has 1 unspecified atom stereocenters. The zero-order chi connectivity index (χ0) is 14.3. The van der Waals surface area contributed by atoms with Crippen LogP contribution in [0, 0.1) is 5.92 Å². The van der Waals surface area contributed by atoms with Crippen molar-refractivity contribution >= 4 is 29.3 Å². The third kappa shape index (κ3) is 6.10. The Labute approximate surface area is 117 Å². The van der Waals surface area contributed by atoms with Crippen molar-refractivity contribution in [1.29, 1.82) is 0 Å². The molecule has 0 spiro atoms. The molecule has 0 heterocycles. The molecular weight excluding hydrogens is 268 g/mol. The van der Waals surface area contributed by atoms with Crippen LogP contribution in [0.2, 0.25) is 5.02 Å². The molecule has 104 valence electrons. The molecule has 0 bridgehead atoms. The van der Waals surface area contributed by atoms with Crippen LogP contribution in [0.15, 0.2) is 24.3 Å². The largest absolute Gasteiger partial charge is 0.481 e. The fourth-order valence-electron chi connectivity index (χ4n) is 1.44. The highest BCUT2D eigenvalue weighted by molar-refractivity contribution is 6.30. The highest BCUT2D eigenvalue weighted by Gasteiger charge is 2.10. The molecule has 0 aliphatic carbocycles. The van der Waals surface area contributed by atoms with E-state index in [1.807, 2.05) is 0 Å². The van der Waals surface area contributed by atoms with E-state index in [0.717, 1.165) is 0 Å². The number of urea groups is 1. The first kappa shape index (κ1) is 15.3. The van der Waals surface area contributed by atoms with E-state index in [0.29, 0.717) is 30.1 Å². The number of aliphatic carboxylic acids is 1. The van der Waals surface area contributed by atoms with Gasteiger partial charge in [-0.25, -0.2) is 4.79 Å². The molecule has 2 amide bonds. The summed E-state index contributed by atoms with van der Waals surface area (Å²) in [4.78, 5) is 22.1. The van der Waals surface area contributed by atoms with Crippen LogP contribution in [0.25, 0.3) is 0 Å². The Morgan fingerprint density at radius 2 is 1.95 bits per heavy atom. The normalized spacial score (nSPS) is 11.7. The standard InChI is InChI=1S/C13H17ClN2O3/c1-9(12(17)18)3-2-8-15-13(19)16-11-6-4-10(14)5-7-11/h4-7,9H,2-3,8H2,1H3,(H,17,18)(H2,15,16,19). The minimum Gasteiger partial charge on any atom is -0.481 e. The predicted molar refractivity (Wildman–Crippen MR) is 74.5 cm³/mol. The summed E-state index contributed by atoms with van der Waals surface area (Å²) in [5, 5.41) is 14.6. The number of carbonyl (C=O) groups excluding carboxylic acids is 1. The van der Waals surface area contributed by atoms with E-state index in [2.05, 4.69) is 10.6 Å². The highest BCUT2D eigenvalue weighted by Crippen LogP contribution is 2.13. The number of rotatable bonds is 6. The summed E-state index contributed by atoms with van der Waals surface area (Å²) < 4.78 is 0. The van der Waals surface area contributed by atoms with Crippen molar-refractivity contribution in [3.05, 3.63) is 29.3 Å². The Kier molecular flexibility index (Phi) is 6.15. The fraction of sp³-hybridized carbons (Fsp3) is 0.385. The van der Waals surface area contributed by atoms with Crippen molar-refractivity contribution in [2.24, 2.45) is 5.92 Å². The van der Waals surface area contributed by atoms with Gasteiger partial charge >= 0.3 is 12.0 Å². The maximum Gasteiger partial charge on any atom is 0.319 e. The lowest BCUT2D eigenvalue weighted by Crippen LogP contribution is -2.29. The summed E-state index contributed by atoms with van der Waals surface area (Å²) in [7, 11) is 0. The minimum atomic E-state index is -0.814. The first-order chi connectivity index (χ1) is 8.99. The second kappa shape index (κ2) is 7.63. The van der Waals surface area contributed by atoms with E-state index in [9.17, 15) is 9.59 Å². The molecule has 3 N–H and O–H groups in total. The van der Waals surface area contributed by atoms with E-state index < -0.39 is 5.97 Å². The van der Waals surface area contributed by atoms with Crippen molar-refractivity contribution in [2.75, 3.05) is 11.9 Å². The number of anilines is 1. The SMILES string of the molecule is CC(CCCNC(=O)Nc1ccc(Cl)cc1)C(=O)O. The lowest BCUT2D eigenvalue weighted by Gasteiger charge is -2.09. The Morgan fingerprint density at radius 3 is 2.53 bits per heavy atom. The summed E-state index contributed by atoms with van der Waals surface area (Å²) in [5.41, 5.74) is 0.654. The molecular formula is C13H17ClN2O3. The second-order valence-electron chi connectivity index (χ2n) is 4.27. The topological polar surface area (TPSA) is 78.4 Å². The van der Waals surface area contributed by atoms with E-state index in [1.54, 1.807) is 31.2 Å². The van der Waals surface area contributed by atoms with Gasteiger partial charge in [-0.05, 0) is 37.1 Å². The number of hydrogen-bond donors (Lipinski definition) is 3. The van der Waals surface area contributed by atoms with Crippen LogP contribution >= 0.6 is 11.6 Å². The van der Waals surface area contributed by atoms with Crippen LogP contribution in [-0.4, -0.2) is 23.7 Å². The van der Waals surface area contributed by atoms with Gasteiger partial charge in [-0.15, -0.1) is 0 Å². The number of halogens is 1. The van der Waals surface area contributed by atoms with Crippen LogP contribution in [0.3, 0.4) is 0 Å². The minimum absolute atomic E-state index is 0.315. The van der Waals surface area contributed by atoms with E-state index in [-0.39, 0.29) is 11.9 Å². The van der Waals surface area contributed by atoms with Crippen molar-refractivity contribution in [1.82, 2.24) is 5.32 Å². The number of amides is 2. The monoisotopic (exact) mass is 284 g/mol. The van der Waals surface area contributed by atoms with E-state index >= 15 is 0 Å². The molecule has 0 aliphatic heterocycles. The quantitative estimate of drug-likeness (QED) is 0.703. The van der Waals surface area contributed by atoms with E-state index in [4.69, 9.17) is 16.7 Å². The van der Waals surface area contributed by atoms with Crippen LogP contribution in [-0.2, 0) is 4.79 Å². The molecule has 0 saturated heterocycles. The Bertz CT molecular complexity index is 434. The van der Waals surface area contributed by atoms with Crippen molar-refractivity contribution in [3.8, 4) is 0 Å². The summed E-state index contributed by atoms with van der Waals surface area (Å²) in [6.07, 6.45) is 1.16. The number of carboxylic acid groups (broad SMARTS) is 1. The van der Waals surface area contributed by atoms with Gasteiger partial charge in [-0.2, -0.15) is 0 Å². The molecule has 0 aromatic heterocycles. The Balaban J connectivity index is 2.21. The third-order valence-corrected chi connectivity index (χ3v) is 2.88. The highest BCUT2D eigenvalue weighted by atomic mass is 35.5. The van der Waals surface area contributed by atoms with Gasteiger partial charge in [0.2, 0.25) is 0 Å². The van der Waals surface area contributed by atoms with Gasteiger partial charge in [0.25, 0.3) is 0 Å². The molecule has 6 heteroatoms. The van der Waals surface area contributed by atoms with Gasteiger partial charge in [0.05, 0.1) is 5.92 Å². The van der Waals surface area contributed by atoms with Gasteiger partial charge in [0.1, 0.15) is 0 Å². The molecule has 5 nitrogen and oxygen atoms in total. The average Bonchev–Trinajstić information content (AvgIpc) is 2.37. The van der Waals surface area contributed by atoms with Gasteiger partial charge in [0, 0.05) is 17.3 Å². The zero-order valence-electron chi connectivity index (χ0n) is 10.6. The molecule has 0 aliphatic rings. The maximum absolute atomic E-state index is 11.5. The summed E-state index contributed by atoms with van der Waals surface area (Å²) in [6.45, 7) is 2.09. The molecule has 1 rings (SSSR count). The number of hydrogen-bond acceptors (Lipinski definition) is 2. The van der Waals surface area contributed by atoms with E-state index in [1.165, 1.54) is 0 Å². The molecule has 0 radical (unpaired) electrons. The number of carboxylic acids is 1. The van der Waals surface area contributed by atoms with Crippen LogP contribution < -0.4 is 10.6 Å². The van der Waals surface area contributed by atoms with Crippen molar-refractivity contribution in [2.45, 2.75) is 19.8 Å². The smallest absolute Gasteiger partial charge is 0.319 e. The zero-order valence-corrected chi connectivity index (χ0v) is 11.4. The van der Waals surface area contributed by atoms with Gasteiger partial charge in [-0.3, -0.25) is 4.79 Å². The lowest BCUT2D eigenvalue weighted by atomic mass is 10.1. The molecule has 1 aromatic carbocycles. The third-order valence-electron chi connectivity index (χ3n) is 2.62. The van der Waals surface area contributed by atoms with Gasteiger partial charge in [-0.1, -0.05) is 18.5 Å². The van der Waals surface area contributed by atoms with Gasteiger partial charge in [0.15, 0.2) is 0 Å². The molecule has 19 heavy (non-hydrogen) atoms. The number of benzene rings is 1. The van der Waals surface area contributed by atoms with Gasteiger partial charge < -0.3 is 15.7 Å². The Morgan fingerprint density at radius 1 is 1.32 bits per heavy atom. The molecule has 1 aromatic rings. The molecule has 0 fully saturated rings. The first-order valence-electron chi connectivity index (χ1n) is 6.02. The van der Waals surface area contributed by atoms with Crippen LogP contribution in [0.5, 0.6) is 0 Å². The Hall–Kier alpha value is -1.75. The fourth-order valence-corrected chi connectivity index (χ4v) is 1.57. The first-order valence-corrected chi connectivity index (χ1v) is 6.40. The molecule has 1 atom stereocenters. The summed E-state index contributed by atoms with van der Waals surface area (Å²) in [6, 6.07) is 6.46.